The van der Waals surface area contributed by atoms with Crippen LogP contribution in [0.2, 0.25) is 5.02 Å². The lowest BCUT2D eigenvalue weighted by atomic mass is 10.0. The second kappa shape index (κ2) is 15.0. The van der Waals surface area contributed by atoms with E-state index in [1.807, 2.05) is 61.5 Å². The molecule has 0 heterocycles. The van der Waals surface area contributed by atoms with E-state index in [0.717, 1.165) is 46.7 Å². The van der Waals surface area contributed by atoms with E-state index in [1.165, 1.54) is 12.1 Å². The summed E-state index contributed by atoms with van der Waals surface area (Å²) in [4.78, 5) is 30.4. The van der Waals surface area contributed by atoms with Crippen molar-refractivity contribution in [1.82, 2.24) is 10.2 Å². The third kappa shape index (κ3) is 7.98. The molecule has 0 saturated heterocycles. The first-order valence-electron chi connectivity index (χ1n) is 15.7. The predicted octanol–water partition coefficient (Wildman–Crippen LogP) is 6.85. The molecule has 4 aromatic rings. The van der Waals surface area contributed by atoms with Crippen molar-refractivity contribution < 1.29 is 18.0 Å². The van der Waals surface area contributed by atoms with Gasteiger partial charge in [0.05, 0.1) is 10.6 Å². The summed E-state index contributed by atoms with van der Waals surface area (Å²) < 4.78 is 29.6. The van der Waals surface area contributed by atoms with Gasteiger partial charge in [-0.25, -0.2) is 8.42 Å². The number of rotatable bonds is 12. The van der Waals surface area contributed by atoms with Gasteiger partial charge in [-0.15, -0.1) is 0 Å². The van der Waals surface area contributed by atoms with Crippen LogP contribution in [-0.4, -0.2) is 43.8 Å². The van der Waals surface area contributed by atoms with Crippen molar-refractivity contribution in [3.05, 3.63) is 130 Å². The zero-order valence-electron chi connectivity index (χ0n) is 26.2. The quantitative estimate of drug-likeness (QED) is 0.181. The molecule has 1 N–H and O–H groups in total. The molecule has 240 valence electrons. The van der Waals surface area contributed by atoms with E-state index in [0.29, 0.717) is 16.3 Å². The van der Waals surface area contributed by atoms with E-state index in [1.54, 1.807) is 48.2 Å². The highest BCUT2D eigenvalue weighted by Crippen LogP contribution is 2.30. The van der Waals surface area contributed by atoms with E-state index < -0.39 is 28.5 Å². The van der Waals surface area contributed by atoms with Gasteiger partial charge in [0.15, 0.2) is 0 Å². The van der Waals surface area contributed by atoms with Crippen LogP contribution in [-0.2, 0) is 32.6 Å². The number of hydrogen-bond acceptors (Lipinski definition) is 4. The first kappa shape index (κ1) is 33.2. The van der Waals surface area contributed by atoms with Crippen LogP contribution in [0.15, 0.2) is 108 Å². The zero-order valence-corrected chi connectivity index (χ0v) is 27.8. The molecule has 0 spiro atoms. The van der Waals surface area contributed by atoms with Crippen molar-refractivity contribution in [1.29, 1.82) is 0 Å². The number of benzene rings is 4. The maximum absolute atomic E-state index is 14.7. The van der Waals surface area contributed by atoms with Crippen molar-refractivity contribution in [2.45, 2.75) is 69.5 Å². The Balaban J connectivity index is 1.59. The summed E-state index contributed by atoms with van der Waals surface area (Å²) in [6.07, 6.45) is 4.16. The molecule has 1 aliphatic rings. The normalized spacial score (nSPS) is 14.1. The third-order valence-corrected chi connectivity index (χ3v) is 10.6. The molecule has 0 unspecified atom stereocenters. The lowest BCUT2D eigenvalue weighted by Crippen LogP contribution is -2.54. The van der Waals surface area contributed by atoms with Crippen LogP contribution in [0.3, 0.4) is 0 Å². The highest BCUT2D eigenvalue weighted by Gasteiger charge is 2.36. The summed E-state index contributed by atoms with van der Waals surface area (Å²) in [5, 5.41) is 3.55. The van der Waals surface area contributed by atoms with Gasteiger partial charge in [0.2, 0.25) is 11.8 Å². The Morgan fingerprint density at radius 1 is 0.848 bits per heavy atom. The van der Waals surface area contributed by atoms with E-state index in [-0.39, 0.29) is 29.8 Å². The molecule has 5 rings (SSSR count). The molecule has 0 bridgehead atoms. The minimum atomic E-state index is -4.20. The Bertz CT molecular complexity index is 1760. The van der Waals surface area contributed by atoms with Crippen LogP contribution in [0.25, 0.3) is 0 Å². The van der Waals surface area contributed by atoms with Crippen LogP contribution in [0.1, 0.15) is 47.9 Å². The smallest absolute Gasteiger partial charge is 0.264 e. The van der Waals surface area contributed by atoms with Crippen molar-refractivity contribution in [3.8, 4) is 0 Å². The number of halogens is 1. The fourth-order valence-corrected chi connectivity index (χ4v) is 7.63. The number of amides is 2. The first-order valence-corrected chi connectivity index (χ1v) is 17.5. The van der Waals surface area contributed by atoms with E-state index >= 15 is 0 Å². The standard InChI is InChI=1S/C37H40ClN3O4S/c1-27-13-9-10-16-30(27)25-40(35(23-29-14-5-3-6-15-29)37(43)39-32-17-11-12-18-32)36(42)26-41(34-24-31(38)22-21-28(34)2)46(44,45)33-19-7-4-8-20-33/h3-10,13-16,19-22,24,32,35H,11-12,17-18,23,25-26H2,1-2H3,(H,39,43)/t35-/m1/s1. The summed E-state index contributed by atoms with van der Waals surface area (Å²) in [5.41, 5.74) is 3.68. The van der Waals surface area contributed by atoms with Gasteiger partial charge in [-0.1, -0.05) is 103 Å². The van der Waals surface area contributed by atoms with E-state index in [4.69, 9.17) is 11.6 Å². The largest absolute Gasteiger partial charge is 0.352 e. The zero-order chi connectivity index (χ0) is 32.7. The average Bonchev–Trinajstić information content (AvgIpc) is 3.57. The number of aryl methyl sites for hydroxylation is 2. The second-order valence-corrected chi connectivity index (χ2v) is 14.2. The summed E-state index contributed by atoms with van der Waals surface area (Å²) in [6, 6.07) is 29.5. The van der Waals surface area contributed by atoms with Crippen LogP contribution in [0, 0.1) is 13.8 Å². The minimum Gasteiger partial charge on any atom is -0.352 e. The molecular weight excluding hydrogens is 618 g/mol. The van der Waals surface area contributed by atoms with Crippen molar-refractivity contribution in [2.24, 2.45) is 0 Å². The van der Waals surface area contributed by atoms with Gasteiger partial charge < -0.3 is 10.2 Å². The lowest BCUT2D eigenvalue weighted by Gasteiger charge is -2.35. The number of carbonyl (C=O) groups excluding carboxylic acids is 2. The summed E-state index contributed by atoms with van der Waals surface area (Å²) in [6.45, 7) is 3.35. The van der Waals surface area contributed by atoms with Crippen molar-refractivity contribution in [3.63, 3.8) is 0 Å². The molecular formula is C37H40ClN3O4S. The highest BCUT2D eigenvalue weighted by molar-refractivity contribution is 7.92. The van der Waals surface area contributed by atoms with Gasteiger partial charge in [0, 0.05) is 24.0 Å². The second-order valence-electron chi connectivity index (χ2n) is 11.9. The summed E-state index contributed by atoms with van der Waals surface area (Å²) in [5.74, 6) is -0.737. The molecule has 0 aliphatic heterocycles. The molecule has 2 amide bonds. The Kier molecular flexibility index (Phi) is 10.8. The maximum atomic E-state index is 14.7. The monoisotopic (exact) mass is 657 g/mol. The number of nitrogens with zero attached hydrogens (tertiary/aromatic N) is 2. The minimum absolute atomic E-state index is 0.0465. The molecule has 7 nitrogen and oxygen atoms in total. The van der Waals surface area contributed by atoms with Gasteiger partial charge in [0.25, 0.3) is 10.0 Å². The number of anilines is 1. The molecule has 0 radical (unpaired) electrons. The topological polar surface area (TPSA) is 86.8 Å². The molecule has 0 aromatic heterocycles. The van der Waals surface area contributed by atoms with Crippen molar-refractivity contribution in [2.75, 3.05) is 10.8 Å². The fraction of sp³-hybridized carbons (Fsp3) is 0.297. The Morgan fingerprint density at radius 2 is 1.48 bits per heavy atom. The number of hydrogen-bond donors (Lipinski definition) is 1. The van der Waals surface area contributed by atoms with Gasteiger partial charge in [0.1, 0.15) is 12.6 Å². The Morgan fingerprint density at radius 3 is 2.15 bits per heavy atom. The summed E-state index contributed by atoms with van der Waals surface area (Å²) in [7, 11) is -4.20. The average molecular weight is 658 g/mol. The molecule has 1 saturated carbocycles. The molecule has 1 aliphatic carbocycles. The van der Waals surface area contributed by atoms with Gasteiger partial charge in [-0.3, -0.25) is 13.9 Å². The highest BCUT2D eigenvalue weighted by atomic mass is 35.5. The van der Waals surface area contributed by atoms with Gasteiger partial charge >= 0.3 is 0 Å². The van der Waals surface area contributed by atoms with Crippen LogP contribution >= 0.6 is 11.6 Å². The first-order chi connectivity index (χ1) is 22.1. The molecule has 9 heteroatoms. The SMILES string of the molecule is Cc1ccccc1CN(C(=O)CN(c1cc(Cl)ccc1C)S(=O)(=O)c1ccccc1)[C@H](Cc1ccccc1)C(=O)NC1CCCC1. The summed E-state index contributed by atoms with van der Waals surface area (Å²) >= 11 is 6.37. The molecule has 46 heavy (non-hydrogen) atoms. The predicted molar refractivity (Wildman–Crippen MR) is 183 cm³/mol. The Hall–Kier alpha value is -4.14. The maximum Gasteiger partial charge on any atom is 0.264 e. The van der Waals surface area contributed by atoms with Crippen molar-refractivity contribution >= 4 is 39.1 Å². The lowest BCUT2D eigenvalue weighted by molar-refractivity contribution is -0.140. The number of nitrogens with one attached hydrogen (secondary N) is 1. The Labute approximate surface area is 277 Å². The van der Waals surface area contributed by atoms with Crippen LogP contribution < -0.4 is 9.62 Å². The molecule has 1 atom stereocenters. The third-order valence-electron chi connectivity index (χ3n) is 8.62. The van der Waals surface area contributed by atoms with Gasteiger partial charge in [-0.2, -0.15) is 0 Å². The van der Waals surface area contributed by atoms with Gasteiger partial charge in [-0.05, 0) is 73.2 Å². The number of sulfonamides is 1. The van der Waals surface area contributed by atoms with Crippen LogP contribution in [0.4, 0.5) is 5.69 Å². The fourth-order valence-electron chi connectivity index (χ4n) is 5.98. The van der Waals surface area contributed by atoms with Crippen LogP contribution in [0.5, 0.6) is 0 Å². The molecule has 1 fully saturated rings. The van der Waals surface area contributed by atoms with E-state index in [9.17, 15) is 18.0 Å². The molecule has 4 aromatic carbocycles. The van der Waals surface area contributed by atoms with E-state index in [2.05, 4.69) is 5.32 Å². The number of carbonyl (C=O) groups is 2.